The molecule has 0 radical (unpaired) electrons. The van der Waals surface area contributed by atoms with Gasteiger partial charge in [-0.3, -0.25) is 4.79 Å². The summed E-state index contributed by atoms with van der Waals surface area (Å²) in [6.07, 6.45) is 0.494. The van der Waals surface area contributed by atoms with Crippen molar-refractivity contribution in [2.45, 2.75) is 18.4 Å². The average molecular weight is 343 g/mol. The molecule has 0 bridgehead atoms. The summed E-state index contributed by atoms with van der Waals surface area (Å²) in [5, 5.41) is 12.6. The van der Waals surface area contributed by atoms with E-state index < -0.39 is 5.92 Å². The van der Waals surface area contributed by atoms with Crippen LogP contribution < -0.4 is 11.1 Å². The van der Waals surface area contributed by atoms with Crippen LogP contribution in [-0.4, -0.2) is 5.91 Å². The molecule has 2 atom stereocenters. The normalized spacial score (nSPS) is 22.2. The Kier molecular flexibility index (Phi) is 3.94. The number of allylic oxidation sites excluding steroid dienone is 1. The molecule has 0 unspecified atom stereocenters. The first-order chi connectivity index (χ1) is 12.7. The molecule has 0 aromatic heterocycles. The third-order valence-electron chi connectivity index (χ3n) is 4.77. The number of carbonyl (C=O) groups is 1. The monoisotopic (exact) mass is 343 g/mol. The lowest BCUT2D eigenvalue weighted by atomic mass is 9.80. The minimum atomic E-state index is -0.512. The van der Waals surface area contributed by atoms with Crippen molar-refractivity contribution in [3.63, 3.8) is 0 Å². The molecule has 5 heteroatoms. The molecule has 5 nitrogen and oxygen atoms in total. The fourth-order valence-corrected chi connectivity index (χ4v) is 3.56. The fourth-order valence-electron chi connectivity index (χ4n) is 3.56. The minimum Gasteiger partial charge on any atom is -0.444 e. The van der Waals surface area contributed by atoms with E-state index >= 15 is 0 Å². The molecule has 2 aromatic carbocycles. The second-order valence-corrected chi connectivity index (χ2v) is 6.31. The van der Waals surface area contributed by atoms with Gasteiger partial charge in [-0.2, -0.15) is 5.26 Å². The van der Waals surface area contributed by atoms with Gasteiger partial charge in [0, 0.05) is 6.42 Å². The molecule has 0 spiro atoms. The largest absolute Gasteiger partial charge is 0.444 e. The van der Waals surface area contributed by atoms with Crippen molar-refractivity contribution in [1.29, 1.82) is 5.26 Å². The Morgan fingerprint density at radius 2 is 1.65 bits per heavy atom. The minimum absolute atomic E-state index is 0.0709. The van der Waals surface area contributed by atoms with E-state index in [-0.39, 0.29) is 23.4 Å². The maximum atomic E-state index is 12.9. The van der Waals surface area contributed by atoms with Gasteiger partial charge in [0.15, 0.2) is 0 Å². The second-order valence-electron chi connectivity index (χ2n) is 6.31. The first-order valence-electron chi connectivity index (χ1n) is 8.40. The maximum Gasteiger partial charge on any atom is 0.252 e. The van der Waals surface area contributed by atoms with Gasteiger partial charge in [-0.05, 0) is 11.1 Å². The molecule has 1 amide bonds. The summed E-state index contributed by atoms with van der Waals surface area (Å²) in [6, 6.07) is 21.1. The average Bonchev–Trinajstić information content (AvgIpc) is 2.68. The molecule has 2 heterocycles. The van der Waals surface area contributed by atoms with Crippen LogP contribution in [0.1, 0.15) is 29.5 Å². The Morgan fingerprint density at radius 3 is 2.27 bits per heavy atom. The molecule has 4 rings (SSSR count). The number of nitrogens with zero attached hydrogens (tertiary/aromatic N) is 1. The van der Waals surface area contributed by atoms with Crippen molar-refractivity contribution in [3.8, 4) is 6.07 Å². The SMILES string of the molecule is N#CC1=C(N)OC2=C(C(=O)N[C@H](c3ccccc3)C2)[C@H]1c1ccccc1. The topological polar surface area (TPSA) is 88.1 Å². The van der Waals surface area contributed by atoms with Gasteiger partial charge in [0.1, 0.15) is 17.4 Å². The molecule has 2 aliphatic heterocycles. The van der Waals surface area contributed by atoms with Crippen LogP contribution >= 0.6 is 0 Å². The summed E-state index contributed by atoms with van der Waals surface area (Å²) in [4.78, 5) is 12.9. The summed E-state index contributed by atoms with van der Waals surface area (Å²) in [5.74, 6) is -0.134. The number of nitriles is 1. The highest BCUT2D eigenvalue weighted by Gasteiger charge is 2.40. The van der Waals surface area contributed by atoms with Crippen molar-refractivity contribution in [2.24, 2.45) is 5.73 Å². The number of amides is 1. The van der Waals surface area contributed by atoms with E-state index in [4.69, 9.17) is 10.5 Å². The first kappa shape index (κ1) is 16.0. The molecule has 0 aliphatic carbocycles. The molecular weight excluding hydrogens is 326 g/mol. The number of nitrogens with two attached hydrogens (primary N) is 1. The molecule has 0 saturated heterocycles. The van der Waals surface area contributed by atoms with Crippen LogP contribution in [-0.2, 0) is 9.53 Å². The van der Waals surface area contributed by atoms with Crippen molar-refractivity contribution >= 4 is 5.91 Å². The molecule has 0 fully saturated rings. The van der Waals surface area contributed by atoms with E-state index in [1.54, 1.807) is 0 Å². The second kappa shape index (κ2) is 6.41. The zero-order valence-corrected chi connectivity index (χ0v) is 14.0. The van der Waals surface area contributed by atoms with Gasteiger partial charge in [-0.15, -0.1) is 0 Å². The van der Waals surface area contributed by atoms with E-state index in [9.17, 15) is 10.1 Å². The highest BCUT2D eigenvalue weighted by atomic mass is 16.5. The van der Waals surface area contributed by atoms with Gasteiger partial charge >= 0.3 is 0 Å². The summed E-state index contributed by atoms with van der Waals surface area (Å²) in [5.41, 5.74) is 8.60. The number of hydrogen-bond donors (Lipinski definition) is 2. The third-order valence-corrected chi connectivity index (χ3v) is 4.77. The third kappa shape index (κ3) is 2.62. The molecule has 3 N–H and O–H groups in total. The number of carbonyl (C=O) groups excluding carboxylic acids is 1. The summed E-state index contributed by atoms with van der Waals surface area (Å²) < 4.78 is 5.72. The van der Waals surface area contributed by atoms with E-state index in [1.807, 2.05) is 60.7 Å². The van der Waals surface area contributed by atoms with Gasteiger partial charge in [0.2, 0.25) is 5.88 Å². The Labute approximate surface area is 151 Å². The van der Waals surface area contributed by atoms with Gasteiger partial charge in [-0.1, -0.05) is 60.7 Å². The van der Waals surface area contributed by atoms with E-state index in [0.717, 1.165) is 11.1 Å². The number of ether oxygens (including phenoxy) is 1. The highest BCUT2D eigenvalue weighted by Crippen LogP contribution is 2.43. The van der Waals surface area contributed by atoms with Crippen molar-refractivity contribution in [2.75, 3.05) is 0 Å². The van der Waals surface area contributed by atoms with Crippen LogP contribution in [0, 0.1) is 11.3 Å². The van der Waals surface area contributed by atoms with Crippen LogP contribution in [0.25, 0.3) is 0 Å². The number of rotatable bonds is 2. The lowest BCUT2D eigenvalue weighted by Crippen LogP contribution is -2.39. The van der Waals surface area contributed by atoms with Crippen LogP contribution in [0.5, 0.6) is 0 Å². The van der Waals surface area contributed by atoms with E-state index in [2.05, 4.69) is 11.4 Å². The molecule has 128 valence electrons. The Morgan fingerprint density at radius 1 is 1.04 bits per heavy atom. The fraction of sp³-hybridized carbons (Fsp3) is 0.143. The lowest BCUT2D eigenvalue weighted by Gasteiger charge is -2.34. The summed E-state index contributed by atoms with van der Waals surface area (Å²) >= 11 is 0. The Balaban J connectivity index is 1.79. The summed E-state index contributed by atoms with van der Waals surface area (Å²) in [7, 11) is 0. The number of nitrogens with one attached hydrogen (secondary N) is 1. The zero-order chi connectivity index (χ0) is 18.1. The molecule has 26 heavy (non-hydrogen) atoms. The number of benzene rings is 2. The number of hydrogen-bond acceptors (Lipinski definition) is 4. The smallest absolute Gasteiger partial charge is 0.252 e. The predicted molar refractivity (Wildman–Crippen MR) is 96.1 cm³/mol. The van der Waals surface area contributed by atoms with Gasteiger partial charge in [0.05, 0.1) is 17.5 Å². The van der Waals surface area contributed by atoms with Gasteiger partial charge in [0.25, 0.3) is 5.91 Å². The zero-order valence-electron chi connectivity index (χ0n) is 14.0. The quantitative estimate of drug-likeness (QED) is 0.877. The first-order valence-corrected chi connectivity index (χ1v) is 8.40. The molecule has 0 saturated carbocycles. The van der Waals surface area contributed by atoms with Crippen LogP contribution in [0.4, 0.5) is 0 Å². The highest BCUT2D eigenvalue weighted by molar-refractivity contribution is 5.98. The summed E-state index contributed by atoms with van der Waals surface area (Å²) in [6.45, 7) is 0. The van der Waals surface area contributed by atoms with Crippen LogP contribution in [0.3, 0.4) is 0 Å². The van der Waals surface area contributed by atoms with Crippen LogP contribution in [0.15, 0.2) is 83.5 Å². The maximum absolute atomic E-state index is 12.9. The predicted octanol–water partition coefficient (Wildman–Crippen LogP) is 3.01. The Bertz CT molecular complexity index is 956. The van der Waals surface area contributed by atoms with Crippen molar-refractivity contribution in [1.82, 2.24) is 5.32 Å². The molecular formula is C21H17N3O2. The molecule has 2 aromatic rings. The lowest BCUT2D eigenvalue weighted by molar-refractivity contribution is -0.119. The van der Waals surface area contributed by atoms with Crippen molar-refractivity contribution < 1.29 is 9.53 Å². The van der Waals surface area contributed by atoms with Gasteiger partial charge < -0.3 is 15.8 Å². The van der Waals surface area contributed by atoms with E-state index in [0.29, 0.717) is 17.8 Å². The molecule has 2 aliphatic rings. The standard InChI is InChI=1S/C21H17N3O2/c22-12-15-18(14-9-5-2-6-10-14)19-17(26-20(15)23)11-16(24-21(19)25)13-7-3-1-4-8-13/h1-10,16,18H,11,23H2,(H,24,25)/t16-,18-/m0/s1. The Hall–Kier alpha value is -3.52. The van der Waals surface area contributed by atoms with E-state index in [1.165, 1.54) is 0 Å². The van der Waals surface area contributed by atoms with Gasteiger partial charge in [-0.25, -0.2) is 0 Å². The van der Waals surface area contributed by atoms with Crippen LogP contribution in [0.2, 0.25) is 0 Å². The van der Waals surface area contributed by atoms with Crippen molar-refractivity contribution in [3.05, 3.63) is 94.6 Å².